The third-order valence-electron chi connectivity index (χ3n) is 5.31. The van der Waals surface area contributed by atoms with Crippen LogP contribution in [-0.2, 0) is 13.2 Å². The van der Waals surface area contributed by atoms with E-state index in [1.807, 2.05) is 29.2 Å². The van der Waals surface area contributed by atoms with Gasteiger partial charge in [-0.05, 0) is 36.4 Å². The third-order valence-corrected chi connectivity index (χ3v) is 5.67. The summed E-state index contributed by atoms with van der Waals surface area (Å²) >= 11 is 6.14. The van der Waals surface area contributed by atoms with E-state index < -0.39 is 0 Å². The van der Waals surface area contributed by atoms with Gasteiger partial charge in [-0.3, -0.25) is 14.7 Å². The summed E-state index contributed by atoms with van der Waals surface area (Å²) in [6.07, 6.45) is 3.47. The van der Waals surface area contributed by atoms with Gasteiger partial charge in [0.15, 0.2) is 0 Å². The molecule has 2 aromatic carbocycles. The van der Waals surface area contributed by atoms with E-state index in [0.717, 1.165) is 5.56 Å². The first kappa shape index (κ1) is 21.3. The molecule has 160 valence electrons. The molecular weight excluding hydrogens is 417 g/mol. The van der Waals surface area contributed by atoms with Crippen LogP contribution in [0.15, 0.2) is 67.0 Å². The number of nitrogens with zero attached hydrogens (tertiary/aromatic N) is 3. The molecule has 2 heterocycles. The van der Waals surface area contributed by atoms with Crippen LogP contribution in [0.4, 0.5) is 4.39 Å². The average molecular weight is 440 g/mol. The first-order valence-electron chi connectivity index (χ1n) is 10.2. The number of benzene rings is 2. The lowest BCUT2D eigenvalue weighted by atomic mass is 10.1. The van der Waals surface area contributed by atoms with Gasteiger partial charge in [0, 0.05) is 66.8 Å². The van der Waals surface area contributed by atoms with Crippen LogP contribution in [0.2, 0.25) is 5.02 Å². The van der Waals surface area contributed by atoms with Gasteiger partial charge in [0.25, 0.3) is 5.91 Å². The lowest BCUT2D eigenvalue weighted by Crippen LogP contribution is -2.48. The van der Waals surface area contributed by atoms with Crippen molar-refractivity contribution in [3.05, 3.63) is 94.5 Å². The van der Waals surface area contributed by atoms with Crippen molar-refractivity contribution < 1.29 is 13.9 Å². The van der Waals surface area contributed by atoms with Crippen LogP contribution in [0.1, 0.15) is 21.5 Å². The number of rotatable bonds is 6. The molecule has 7 heteroatoms. The largest absolute Gasteiger partial charge is 0.489 e. The molecule has 1 aromatic heterocycles. The SMILES string of the molecule is O=C(c1cccc(OCc2cccnc2)c1)N1CCN(Cc2c(F)cccc2Cl)CC1. The van der Waals surface area contributed by atoms with Crippen LogP contribution < -0.4 is 4.74 Å². The summed E-state index contributed by atoms with van der Waals surface area (Å²) in [4.78, 5) is 21.0. The second-order valence-electron chi connectivity index (χ2n) is 7.45. The van der Waals surface area contributed by atoms with Gasteiger partial charge in [-0.15, -0.1) is 0 Å². The van der Waals surface area contributed by atoms with E-state index in [1.165, 1.54) is 6.07 Å². The molecule has 1 aliphatic heterocycles. The van der Waals surface area contributed by atoms with Crippen molar-refractivity contribution in [3.8, 4) is 5.75 Å². The summed E-state index contributed by atoms with van der Waals surface area (Å²) in [5, 5.41) is 0.432. The van der Waals surface area contributed by atoms with E-state index in [0.29, 0.717) is 61.2 Å². The van der Waals surface area contributed by atoms with E-state index in [2.05, 4.69) is 9.88 Å². The molecule has 1 saturated heterocycles. The van der Waals surface area contributed by atoms with E-state index in [1.54, 1.807) is 36.7 Å². The second-order valence-corrected chi connectivity index (χ2v) is 7.85. The molecule has 1 amide bonds. The summed E-state index contributed by atoms with van der Waals surface area (Å²) < 4.78 is 19.9. The van der Waals surface area contributed by atoms with Crippen molar-refractivity contribution in [2.24, 2.45) is 0 Å². The van der Waals surface area contributed by atoms with Gasteiger partial charge < -0.3 is 9.64 Å². The van der Waals surface area contributed by atoms with Crippen molar-refractivity contribution >= 4 is 17.5 Å². The van der Waals surface area contributed by atoms with Crippen LogP contribution in [0, 0.1) is 5.82 Å². The summed E-state index contributed by atoms with van der Waals surface area (Å²) in [5.41, 5.74) is 2.06. The van der Waals surface area contributed by atoms with Crippen LogP contribution >= 0.6 is 11.6 Å². The molecule has 0 bridgehead atoms. The van der Waals surface area contributed by atoms with Gasteiger partial charge in [-0.25, -0.2) is 4.39 Å². The molecule has 0 atom stereocenters. The van der Waals surface area contributed by atoms with Gasteiger partial charge in [-0.1, -0.05) is 29.8 Å². The number of hydrogen-bond acceptors (Lipinski definition) is 4. The zero-order valence-electron chi connectivity index (χ0n) is 17.0. The van der Waals surface area contributed by atoms with Crippen molar-refractivity contribution in [2.75, 3.05) is 26.2 Å². The molecule has 1 aliphatic rings. The Morgan fingerprint density at radius 3 is 2.61 bits per heavy atom. The number of piperazine rings is 1. The molecule has 5 nitrogen and oxygen atoms in total. The van der Waals surface area contributed by atoms with Crippen molar-refractivity contribution in [1.82, 2.24) is 14.8 Å². The number of aromatic nitrogens is 1. The molecular formula is C24H23ClFN3O2. The van der Waals surface area contributed by atoms with E-state index in [4.69, 9.17) is 16.3 Å². The number of pyridine rings is 1. The van der Waals surface area contributed by atoms with Crippen molar-refractivity contribution in [2.45, 2.75) is 13.2 Å². The summed E-state index contributed by atoms with van der Waals surface area (Å²) in [7, 11) is 0. The number of hydrogen-bond donors (Lipinski definition) is 0. The molecule has 0 N–H and O–H groups in total. The number of halogens is 2. The Morgan fingerprint density at radius 2 is 1.87 bits per heavy atom. The molecule has 1 fully saturated rings. The monoisotopic (exact) mass is 439 g/mol. The molecule has 31 heavy (non-hydrogen) atoms. The number of amides is 1. The molecule has 0 spiro atoms. The van der Waals surface area contributed by atoms with E-state index >= 15 is 0 Å². The molecule has 0 radical (unpaired) electrons. The fourth-order valence-corrected chi connectivity index (χ4v) is 3.79. The highest BCUT2D eigenvalue weighted by Gasteiger charge is 2.23. The lowest BCUT2D eigenvalue weighted by molar-refractivity contribution is 0.0626. The summed E-state index contributed by atoms with van der Waals surface area (Å²) in [6, 6.07) is 15.7. The van der Waals surface area contributed by atoms with E-state index in [-0.39, 0.29) is 11.7 Å². The minimum absolute atomic E-state index is 0.0320. The summed E-state index contributed by atoms with van der Waals surface area (Å²) in [6.45, 7) is 3.30. The number of ether oxygens (including phenoxy) is 1. The van der Waals surface area contributed by atoms with Crippen LogP contribution in [-0.4, -0.2) is 46.9 Å². The maximum absolute atomic E-state index is 14.0. The second kappa shape index (κ2) is 9.90. The predicted molar refractivity (Wildman–Crippen MR) is 118 cm³/mol. The highest BCUT2D eigenvalue weighted by molar-refractivity contribution is 6.31. The topological polar surface area (TPSA) is 45.7 Å². The fourth-order valence-electron chi connectivity index (χ4n) is 3.57. The molecule has 4 rings (SSSR count). The Balaban J connectivity index is 1.33. The molecule has 3 aromatic rings. The number of carbonyl (C=O) groups is 1. The standard InChI is InChI=1S/C24H23ClFN3O2/c25-22-7-2-8-23(26)21(22)16-28-10-12-29(13-11-28)24(30)19-5-1-6-20(14-19)31-17-18-4-3-9-27-15-18/h1-9,14-15H,10-13,16-17H2. The third kappa shape index (κ3) is 5.40. The Labute approximate surface area is 186 Å². The zero-order chi connectivity index (χ0) is 21.6. The van der Waals surface area contributed by atoms with Crippen LogP contribution in [0.25, 0.3) is 0 Å². The molecule has 0 unspecified atom stereocenters. The highest BCUT2D eigenvalue weighted by atomic mass is 35.5. The zero-order valence-corrected chi connectivity index (χ0v) is 17.8. The fraction of sp³-hybridized carbons (Fsp3) is 0.250. The Morgan fingerprint density at radius 1 is 1.06 bits per heavy atom. The first-order valence-corrected chi connectivity index (χ1v) is 10.5. The van der Waals surface area contributed by atoms with Gasteiger partial charge in [-0.2, -0.15) is 0 Å². The maximum Gasteiger partial charge on any atom is 0.254 e. The van der Waals surface area contributed by atoms with Gasteiger partial charge in [0.05, 0.1) is 0 Å². The maximum atomic E-state index is 14.0. The quantitative estimate of drug-likeness (QED) is 0.570. The van der Waals surface area contributed by atoms with Gasteiger partial charge in [0.1, 0.15) is 18.2 Å². The van der Waals surface area contributed by atoms with Gasteiger partial charge >= 0.3 is 0 Å². The predicted octanol–water partition coefficient (Wildman–Crippen LogP) is 4.41. The highest BCUT2D eigenvalue weighted by Crippen LogP contribution is 2.22. The van der Waals surface area contributed by atoms with E-state index in [9.17, 15) is 9.18 Å². The normalized spacial score (nSPS) is 14.5. The molecule has 0 aliphatic carbocycles. The first-order chi connectivity index (χ1) is 15.1. The number of carbonyl (C=O) groups excluding carboxylic acids is 1. The Hall–Kier alpha value is -2.96. The lowest BCUT2D eigenvalue weighted by Gasteiger charge is -2.35. The smallest absolute Gasteiger partial charge is 0.254 e. The minimum atomic E-state index is -0.297. The van der Waals surface area contributed by atoms with Gasteiger partial charge in [0.2, 0.25) is 0 Å². The minimum Gasteiger partial charge on any atom is -0.489 e. The molecule has 0 saturated carbocycles. The Kier molecular flexibility index (Phi) is 6.79. The van der Waals surface area contributed by atoms with Crippen LogP contribution in [0.5, 0.6) is 5.75 Å². The summed E-state index contributed by atoms with van der Waals surface area (Å²) in [5.74, 6) is 0.312. The average Bonchev–Trinajstić information content (AvgIpc) is 2.81. The van der Waals surface area contributed by atoms with Crippen LogP contribution in [0.3, 0.4) is 0 Å². The van der Waals surface area contributed by atoms with Crippen molar-refractivity contribution in [1.29, 1.82) is 0 Å². The van der Waals surface area contributed by atoms with Crippen molar-refractivity contribution in [3.63, 3.8) is 0 Å². The Bertz CT molecular complexity index is 1020.